The standard InChI is InChI=1S/C17H20N8O2/c26-16(7-4-13-10-14-11-18-8-1-9-25(14)22-13)19-12-2-5-15(6-3-12)27-17-20-23-24-21-17/h2-3,5-6,10,18H,1,4,7-9,11H2,(H,19,26)(H,20,21,23,24). The minimum Gasteiger partial charge on any atom is -0.422 e. The lowest BCUT2D eigenvalue weighted by atomic mass is 10.2. The first-order chi connectivity index (χ1) is 13.3. The Morgan fingerprint density at radius 3 is 3.00 bits per heavy atom. The molecule has 0 saturated carbocycles. The quantitative estimate of drug-likeness (QED) is 0.598. The molecule has 3 N–H and O–H groups in total. The van der Waals surface area contributed by atoms with E-state index in [1.54, 1.807) is 24.3 Å². The molecule has 3 aromatic rings. The number of aromatic amines is 1. The molecule has 0 bridgehead atoms. The second-order valence-electron chi connectivity index (χ2n) is 6.25. The van der Waals surface area contributed by atoms with Crippen LogP contribution in [-0.4, -0.2) is 42.9 Å². The van der Waals surface area contributed by atoms with Gasteiger partial charge < -0.3 is 15.4 Å². The molecule has 0 atom stereocenters. The normalized spacial score (nSPS) is 13.6. The number of fused-ring (bicyclic) bond motifs is 1. The molecular weight excluding hydrogens is 348 g/mol. The average molecular weight is 368 g/mol. The van der Waals surface area contributed by atoms with Gasteiger partial charge in [-0.15, -0.1) is 0 Å². The monoisotopic (exact) mass is 368 g/mol. The molecule has 140 valence electrons. The number of nitrogens with zero attached hydrogens (tertiary/aromatic N) is 5. The number of benzene rings is 1. The number of amides is 1. The van der Waals surface area contributed by atoms with E-state index in [0.29, 0.717) is 24.3 Å². The zero-order valence-corrected chi connectivity index (χ0v) is 14.7. The van der Waals surface area contributed by atoms with Crippen molar-refractivity contribution < 1.29 is 9.53 Å². The molecule has 2 aromatic heterocycles. The Bertz CT molecular complexity index is 865. The van der Waals surface area contributed by atoms with E-state index in [1.807, 2.05) is 4.68 Å². The van der Waals surface area contributed by atoms with Gasteiger partial charge in [0, 0.05) is 31.6 Å². The van der Waals surface area contributed by atoms with Crippen molar-refractivity contribution in [2.75, 3.05) is 11.9 Å². The van der Waals surface area contributed by atoms with E-state index in [0.717, 1.165) is 31.7 Å². The Balaban J connectivity index is 1.28. The topological polar surface area (TPSA) is 123 Å². The molecule has 0 aliphatic carbocycles. The first-order valence-corrected chi connectivity index (χ1v) is 8.84. The molecule has 1 aliphatic heterocycles. The SMILES string of the molecule is O=C(CCc1cc2n(n1)CCCNC2)Nc1ccc(Oc2nn[nH]n2)cc1. The van der Waals surface area contributed by atoms with Gasteiger partial charge in [0.15, 0.2) is 0 Å². The molecule has 27 heavy (non-hydrogen) atoms. The van der Waals surface area contributed by atoms with Crippen LogP contribution in [0.1, 0.15) is 24.2 Å². The van der Waals surface area contributed by atoms with Crippen LogP contribution in [0, 0.1) is 0 Å². The molecular formula is C17H20N8O2. The predicted octanol–water partition coefficient (Wildman–Crippen LogP) is 1.25. The number of aryl methyl sites for hydroxylation is 2. The van der Waals surface area contributed by atoms with Gasteiger partial charge in [0.2, 0.25) is 5.91 Å². The van der Waals surface area contributed by atoms with E-state index in [1.165, 1.54) is 5.69 Å². The summed E-state index contributed by atoms with van der Waals surface area (Å²) in [7, 11) is 0. The van der Waals surface area contributed by atoms with Crippen LogP contribution in [0.25, 0.3) is 0 Å². The van der Waals surface area contributed by atoms with E-state index in [4.69, 9.17) is 4.74 Å². The number of hydrogen-bond acceptors (Lipinski definition) is 7. The highest BCUT2D eigenvalue weighted by atomic mass is 16.5. The summed E-state index contributed by atoms with van der Waals surface area (Å²) in [6.07, 6.45) is 2.07. The molecule has 0 saturated heterocycles. The molecule has 0 fully saturated rings. The molecule has 0 spiro atoms. The number of carbonyl (C=O) groups excluding carboxylic acids is 1. The average Bonchev–Trinajstić information content (AvgIpc) is 3.27. The number of hydrogen-bond donors (Lipinski definition) is 3. The molecule has 1 amide bonds. The van der Waals surface area contributed by atoms with Gasteiger partial charge >= 0.3 is 6.01 Å². The van der Waals surface area contributed by atoms with Crippen LogP contribution < -0.4 is 15.4 Å². The highest BCUT2D eigenvalue weighted by Crippen LogP contribution is 2.19. The molecule has 1 aliphatic rings. The largest absolute Gasteiger partial charge is 0.422 e. The fraction of sp³-hybridized carbons (Fsp3) is 0.353. The highest BCUT2D eigenvalue weighted by Gasteiger charge is 2.12. The lowest BCUT2D eigenvalue weighted by Crippen LogP contribution is -2.13. The van der Waals surface area contributed by atoms with Crippen LogP contribution in [-0.2, 0) is 24.3 Å². The van der Waals surface area contributed by atoms with Crippen molar-refractivity contribution in [2.45, 2.75) is 32.4 Å². The van der Waals surface area contributed by atoms with E-state index in [-0.39, 0.29) is 11.9 Å². The van der Waals surface area contributed by atoms with Gasteiger partial charge in [-0.2, -0.15) is 10.3 Å². The second-order valence-corrected chi connectivity index (χ2v) is 6.25. The van der Waals surface area contributed by atoms with Crippen molar-refractivity contribution in [3.63, 3.8) is 0 Å². The summed E-state index contributed by atoms with van der Waals surface area (Å²) in [6.45, 7) is 2.77. The minimum atomic E-state index is -0.0526. The lowest BCUT2D eigenvalue weighted by Gasteiger charge is -2.06. The van der Waals surface area contributed by atoms with Crippen LogP contribution in [0.2, 0.25) is 0 Å². The van der Waals surface area contributed by atoms with E-state index in [9.17, 15) is 4.79 Å². The maximum Gasteiger partial charge on any atom is 0.361 e. The predicted molar refractivity (Wildman–Crippen MR) is 96.2 cm³/mol. The second kappa shape index (κ2) is 7.96. The first-order valence-electron chi connectivity index (χ1n) is 8.84. The highest BCUT2D eigenvalue weighted by molar-refractivity contribution is 5.90. The van der Waals surface area contributed by atoms with Crippen LogP contribution in [0.4, 0.5) is 5.69 Å². The molecule has 0 unspecified atom stereocenters. The summed E-state index contributed by atoms with van der Waals surface area (Å²) in [5.41, 5.74) is 2.83. The smallest absolute Gasteiger partial charge is 0.361 e. The third-order valence-electron chi connectivity index (χ3n) is 4.22. The van der Waals surface area contributed by atoms with Gasteiger partial charge in [0.05, 0.1) is 11.4 Å². The van der Waals surface area contributed by atoms with Gasteiger partial charge in [-0.1, -0.05) is 10.2 Å². The van der Waals surface area contributed by atoms with Crippen molar-refractivity contribution in [3.05, 3.63) is 41.7 Å². The zero-order valence-electron chi connectivity index (χ0n) is 14.7. The Kier molecular flexibility index (Phi) is 5.06. The number of H-pyrrole nitrogens is 1. The molecule has 1 aromatic carbocycles. The fourth-order valence-electron chi connectivity index (χ4n) is 2.92. The summed E-state index contributed by atoms with van der Waals surface area (Å²) < 4.78 is 7.43. The van der Waals surface area contributed by atoms with Crippen molar-refractivity contribution >= 4 is 11.6 Å². The van der Waals surface area contributed by atoms with Crippen molar-refractivity contribution in [1.82, 2.24) is 35.7 Å². The van der Waals surface area contributed by atoms with Crippen molar-refractivity contribution in [3.8, 4) is 11.8 Å². The number of aromatic nitrogens is 6. The summed E-state index contributed by atoms with van der Waals surface area (Å²) in [5.74, 6) is 0.505. The van der Waals surface area contributed by atoms with Gasteiger partial charge in [-0.25, -0.2) is 0 Å². The minimum absolute atomic E-state index is 0.0526. The Labute approximate surface area is 155 Å². The number of ether oxygens (including phenoxy) is 1. The maximum absolute atomic E-state index is 12.2. The third kappa shape index (κ3) is 4.47. The number of rotatable bonds is 6. The third-order valence-corrected chi connectivity index (χ3v) is 4.22. The van der Waals surface area contributed by atoms with Crippen molar-refractivity contribution in [1.29, 1.82) is 0 Å². The number of tetrazole rings is 1. The molecule has 10 nitrogen and oxygen atoms in total. The first kappa shape index (κ1) is 17.2. The number of carbonyl (C=O) groups is 1. The molecule has 0 radical (unpaired) electrons. The summed E-state index contributed by atoms with van der Waals surface area (Å²) in [4.78, 5) is 12.2. The van der Waals surface area contributed by atoms with Crippen LogP contribution in [0.15, 0.2) is 30.3 Å². The molecule has 10 heteroatoms. The summed E-state index contributed by atoms with van der Waals surface area (Å²) in [6, 6.07) is 9.20. The van der Waals surface area contributed by atoms with Crippen molar-refractivity contribution in [2.24, 2.45) is 0 Å². The number of anilines is 1. The van der Waals surface area contributed by atoms with E-state index in [2.05, 4.69) is 42.4 Å². The van der Waals surface area contributed by atoms with Crippen LogP contribution in [0.5, 0.6) is 11.8 Å². The molecule has 4 rings (SSSR count). The van der Waals surface area contributed by atoms with Gasteiger partial charge in [-0.05, 0) is 48.5 Å². The summed E-state index contributed by atoms with van der Waals surface area (Å²) >= 11 is 0. The summed E-state index contributed by atoms with van der Waals surface area (Å²) in [5, 5.41) is 24.0. The maximum atomic E-state index is 12.2. The molecule has 3 heterocycles. The van der Waals surface area contributed by atoms with E-state index < -0.39 is 0 Å². The van der Waals surface area contributed by atoms with Gasteiger partial charge in [0.1, 0.15) is 5.75 Å². The van der Waals surface area contributed by atoms with Crippen LogP contribution in [0.3, 0.4) is 0 Å². The van der Waals surface area contributed by atoms with Gasteiger partial charge in [0.25, 0.3) is 0 Å². The fourth-order valence-corrected chi connectivity index (χ4v) is 2.92. The Morgan fingerprint density at radius 2 is 2.19 bits per heavy atom. The Morgan fingerprint density at radius 1 is 1.30 bits per heavy atom. The Hall–Kier alpha value is -3.27. The zero-order chi connectivity index (χ0) is 18.5. The lowest BCUT2D eigenvalue weighted by molar-refractivity contribution is -0.116. The number of nitrogens with one attached hydrogen (secondary N) is 3. The van der Waals surface area contributed by atoms with Crippen LogP contribution >= 0.6 is 0 Å². The van der Waals surface area contributed by atoms with E-state index >= 15 is 0 Å². The van der Waals surface area contributed by atoms with Gasteiger partial charge in [-0.3, -0.25) is 9.48 Å².